The second-order valence-corrected chi connectivity index (χ2v) is 13.5. The number of aromatic amines is 1. The van der Waals surface area contributed by atoms with Crippen LogP contribution in [0.15, 0.2) is 52.4 Å². The number of nitrogens with zero attached hydrogens (tertiary/aromatic N) is 1. The van der Waals surface area contributed by atoms with Crippen LogP contribution in [-0.4, -0.2) is 41.9 Å². The lowest BCUT2D eigenvalue weighted by molar-refractivity contribution is 0.109. The topological polar surface area (TPSA) is 130 Å². The van der Waals surface area contributed by atoms with E-state index in [-0.39, 0.29) is 35.0 Å². The Hall–Kier alpha value is -3.18. The van der Waals surface area contributed by atoms with E-state index in [9.17, 15) is 18.0 Å². The molecule has 2 aliphatic carbocycles. The van der Waals surface area contributed by atoms with Gasteiger partial charge in [0.25, 0.3) is 0 Å². The van der Waals surface area contributed by atoms with Crippen molar-refractivity contribution in [2.24, 2.45) is 0 Å². The highest BCUT2D eigenvalue weighted by molar-refractivity contribution is 7.92. The molecule has 0 saturated heterocycles. The third-order valence-corrected chi connectivity index (χ3v) is 10.3. The predicted molar refractivity (Wildman–Crippen MR) is 148 cm³/mol. The van der Waals surface area contributed by atoms with Crippen LogP contribution >= 0.6 is 11.3 Å². The largest absolute Gasteiger partial charge is 0.447 e. The predicted octanol–water partition coefficient (Wildman–Crippen LogP) is 5.34. The summed E-state index contributed by atoms with van der Waals surface area (Å²) >= 11 is 1.54. The van der Waals surface area contributed by atoms with Gasteiger partial charge in [-0.3, -0.25) is 4.79 Å². The Morgan fingerprint density at radius 1 is 1.08 bits per heavy atom. The van der Waals surface area contributed by atoms with Crippen molar-refractivity contribution >= 4 is 38.6 Å². The zero-order chi connectivity index (χ0) is 26.9. The summed E-state index contributed by atoms with van der Waals surface area (Å²) in [5.74, 6) is 0.276. The van der Waals surface area contributed by atoms with Crippen molar-refractivity contribution < 1.29 is 17.9 Å². The van der Waals surface area contributed by atoms with Crippen LogP contribution in [-0.2, 0) is 14.6 Å². The van der Waals surface area contributed by atoms with Crippen molar-refractivity contribution in [3.05, 3.63) is 58.1 Å². The molecular weight excluding hydrogens is 524 g/mol. The molecule has 2 saturated carbocycles. The molecule has 0 bridgehead atoms. The molecule has 2 fully saturated rings. The Bertz CT molecular complexity index is 1450. The van der Waals surface area contributed by atoms with E-state index in [1.807, 2.05) is 26.0 Å². The number of pyridine rings is 1. The van der Waals surface area contributed by atoms with Gasteiger partial charge in [-0.05, 0) is 70.6 Å². The van der Waals surface area contributed by atoms with Crippen molar-refractivity contribution in [1.82, 2.24) is 15.3 Å². The van der Waals surface area contributed by atoms with Crippen LogP contribution in [0.2, 0.25) is 0 Å². The van der Waals surface area contributed by atoms with Gasteiger partial charge in [0.05, 0.1) is 31.8 Å². The van der Waals surface area contributed by atoms with Gasteiger partial charge in [-0.1, -0.05) is 6.07 Å². The standard InChI is InChI=1S/C27H32N4O5S2/c1-16(2)36-27(33)31-18-5-3-17(4-6-18)26-29-15-23(37-26)22-11-7-19(30-20-8-12-25(32)28-14-20)13-24(22)38(34,35)21-9-10-21/h7-8,11-18,21,30H,3-6,9-10H2,1-2H3,(H,28,32)(H,31,33). The van der Waals surface area contributed by atoms with Gasteiger partial charge in [0, 0.05) is 41.7 Å². The molecule has 0 spiro atoms. The molecule has 1 amide bonds. The minimum Gasteiger partial charge on any atom is -0.447 e. The summed E-state index contributed by atoms with van der Waals surface area (Å²) in [7, 11) is -3.48. The van der Waals surface area contributed by atoms with Gasteiger partial charge in [-0.25, -0.2) is 18.2 Å². The fourth-order valence-electron chi connectivity index (χ4n) is 4.75. The van der Waals surface area contributed by atoms with Gasteiger partial charge in [0.15, 0.2) is 9.84 Å². The quantitative estimate of drug-likeness (QED) is 0.341. The molecule has 0 unspecified atom stereocenters. The third-order valence-electron chi connectivity index (χ3n) is 6.85. The van der Waals surface area contributed by atoms with Crippen LogP contribution < -0.4 is 16.2 Å². The normalized spacial score (nSPS) is 19.8. The summed E-state index contributed by atoms with van der Waals surface area (Å²) < 4.78 is 32.0. The average Bonchev–Trinajstić information content (AvgIpc) is 3.64. The first kappa shape index (κ1) is 26.4. The lowest BCUT2D eigenvalue weighted by Gasteiger charge is -2.28. The maximum absolute atomic E-state index is 13.4. The number of anilines is 2. The molecule has 5 rings (SSSR count). The van der Waals surface area contributed by atoms with Crippen LogP contribution in [0, 0.1) is 0 Å². The minimum atomic E-state index is -3.48. The smallest absolute Gasteiger partial charge is 0.407 e. The molecule has 38 heavy (non-hydrogen) atoms. The number of ether oxygens (including phenoxy) is 1. The van der Waals surface area contributed by atoms with Gasteiger partial charge in [-0.2, -0.15) is 0 Å². The first-order chi connectivity index (χ1) is 18.2. The highest BCUT2D eigenvalue weighted by Crippen LogP contribution is 2.43. The molecule has 0 atom stereocenters. The fraction of sp³-hybridized carbons (Fsp3) is 0.444. The highest BCUT2D eigenvalue weighted by atomic mass is 32.2. The van der Waals surface area contributed by atoms with Gasteiger partial charge >= 0.3 is 6.09 Å². The van der Waals surface area contributed by atoms with Gasteiger partial charge < -0.3 is 20.4 Å². The highest BCUT2D eigenvalue weighted by Gasteiger charge is 2.39. The summed E-state index contributed by atoms with van der Waals surface area (Å²) in [6.45, 7) is 3.66. The minimum absolute atomic E-state index is 0.0923. The molecule has 1 aromatic carbocycles. The molecule has 202 valence electrons. The Morgan fingerprint density at radius 3 is 2.47 bits per heavy atom. The lowest BCUT2D eigenvalue weighted by Crippen LogP contribution is -2.38. The van der Waals surface area contributed by atoms with E-state index in [2.05, 4.69) is 20.6 Å². The summed E-state index contributed by atoms with van der Waals surface area (Å²) in [5.41, 5.74) is 1.75. The second-order valence-electron chi connectivity index (χ2n) is 10.2. The molecule has 3 aromatic rings. The van der Waals surface area contributed by atoms with Crippen LogP contribution in [0.1, 0.15) is 63.3 Å². The van der Waals surface area contributed by atoms with Crippen LogP contribution in [0.5, 0.6) is 0 Å². The van der Waals surface area contributed by atoms with E-state index in [1.54, 1.807) is 35.9 Å². The number of carbonyl (C=O) groups excluding carboxylic acids is 1. The number of nitrogens with one attached hydrogen (secondary N) is 3. The van der Waals surface area contributed by atoms with Crippen LogP contribution in [0.4, 0.5) is 16.2 Å². The van der Waals surface area contributed by atoms with E-state index in [1.165, 1.54) is 6.07 Å². The molecule has 3 N–H and O–H groups in total. The number of sulfone groups is 1. The molecule has 0 aliphatic heterocycles. The Kier molecular flexibility index (Phi) is 7.58. The first-order valence-corrected chi connectivity index (χ1v) is 15.3. The number of hydrogen-bond donors (Lipinski definition) is 3. The summed E-state index contributed by atoms with van der Waals surface area (Å²) in [5, 5.41) is 6.78. The average molecular weight is 557 g/mol. The van der Waals surface area contributed by atoms with Crippen molar-refractivity contribution in [1.29, 1.82) is 0 Å². The van der Waals surface area contributed by atoms with Crippen LogP contribution in [0.3, 0.4) is 0 Å². The molecular formula is C27H32N4O5S2. The summed E-state index contributed by atoms with van der Waals surface area (Å²) in [6, 6.07) is 8.52. The monoisotopic (exact) mass is 556 g/mol. The first-order valence-electron chi connectivity index (χ1n) is 13.0. The molecule has 2 aromatic heterocycles. The number of hydrogen-bond acceptors (Lipinski definition) is 8. The van der Waals surface area contributed by atoms with E-state index in [0.717, 1.165) is 35.6 Å². The van der Waals surface area contributed by atoms with Gasteiger partial charge in [0.2, 0.25) is 5.56 Å². The van der Waals surface area contributed by atoms with Gasteiger partial charge in [-0.15, -0.1) is 11.3 Å². The number of alkyl carbamates (subject to hydrolysis) is 1. The molecule has 2 aliphatic rings. The Morgan fingerprint density at radius 2 is 1.82 bits per heavy atom. The zero-order valence-electron chi connectivity index (χ0n) is 21.4. The molecule has 11 heteroatoms. The number of aromatic nitrogens is 2. The number of carbonyl (C=O) groups is 1. The van der Waals surface area contributed by atoms with Crippen molar-refractivity contribution in [2.75, 3.05) is 5.32 Å². The van der Waals surface area contributed by atoms with E-state index in [4.69, 9.17) is 4.74 Å². The summed E-state index contributed by atoms with van der Waals surface area (Å²) in [4.78, 5) is 31.7. The van der Waals surface area contributed by atoms with E-state index in [0.29, 0.717) is 34.7 Å². The van der Waals surface area contributed by atoms with Crippen molar-refractivity contribution in [3.8, 4) is 10.4 Å². The number of H-pyrrole nitrogens is 1. The third kappa shape index (κ3) is 6.10. The number of benzene rings is 1. The fourth-order valence-corrected chi connectivity index (χ4v) is 7.83. The maximum atomic E-state index is 13.4. The van der Waals surface area contributed by atoms with Crippen molar-refractivity contribution in [2.45, 2.75) is 80.6 Å². The SMILES string of the molecule is CC(C)OC(=O)NC1CCC(c2ncc(-c3ccc(Nc4ccc(=O)[nH]c4)cc3S(=O)(=O)C3CC3)s2)CC1. The van der Waals surface area contributed by atoms with Gasteiger partial charge in [0.1, 0.15) is 0 Å². The number of thiazole rings is 1. The number of rotatable bonds is 8. The molecule has 0 radical (unpaired) electrons. The summed E-state index contributed by atoms with van der Waals surface area (Å²) in [6.07, 6.45) is 7.65. The zero-order valence-corrected chi connectivity index (χ0v) is 23.0. The van der Waals surface area contributed by atoms with E-state index >= 15 is 0 Å². The van der Waals surface area contributed by atoms with Crippen molar-refractivity contribution in [3.63, 3.8) is 0 Å². The maximum Gasteiger partial charge on any atom is 0.407 e. The molecule has 2 heterocycles. The number of amides is 1. The Labute approximate surface area is 226 Å². The molecule has 9 nitrogen and oxygen atoms in total. The second kappa shape index (κ2) is 10.9. The van der Waals surface area contributed by atoms with E-state index < -0.39 is 9.84 Å². The van der Waals surface area contributed by atoms with Crippen LogP contribution in [0.25, 0.3) is 10.4 Å². The lowest BCUT2D eigenvalue weighted by atomic mass is 9.86. The Balaban J connectivity index is 1.34.